The zero-order valence-electron chi connectivity index (χ0n) is 11.6. The third-order valence-corrected chi connectivity index (χ3v) is 4.78. The number of nitrogens with zero attached hydrogens (tertiary/aromatic N) is 3. The molecular weight excluding hydrogens is 256 g/mol. The summed E-state index contributed by atoms with van der Waals surface area (Å²) in [7, 11) is 4.21. The number of aromatic nitrogens is 2. The lowest BCUT2D eigenvalue weighted by Crippen LogP contribution is -2.16. The Morgan fingerprint density at radius 1 is 1.32 bits per heavy atom. The number of anilines is 1. The van der Waals surface area contributed by atoms with Crippen LogP contribution in [0.3, 0.4) is 0 Å². The van der Waals surface area contributed by atoms with Crippen LogP contribution in [0.15, 0.2) is 6.33 Å². The first kappa shape index (κ1) is 12.8. The number of hydrogen-bond acceptors (Lipinski definition) is 5. The maximum absolute atomic E-state index is 4.44. The second-order valence-electron chi connectivity index (χ2n) is 5.34. The van der Waals surface area contributed by atoms with Gasteiger partial charge in [-0.05, 0) is 51.9 Å². The number of thiophene rings is 1. The quantitative estimate of drug-likeness (QED) is 0.852. The van der Waals surface area contributed by atoms with Crippen molar-refractivity contribution < 1.29 is 0 Å². The molecule has 3 rings (SSSR count). The second kappa shape index (κ2) is 5.43. The molecule has 0 saturated heterocycles. The molecule has 0 radical (unpaired) electrons. The number of rotatable bonds is 5. The average molecular weight is 276 g/mol. The number of aryl methyl sites for hydroxylation is 2. The standard InChI is InChI=1S/C14H20N4S/c1-18(2)8-4-7-15-13-12-10-5-3-6-11(10)19-14(12)17-9-16-13/h9H,3-8H2,1-2H3,(H,15,16,17). The summed E-state index contributed by atoms with van der Waals surface area (Å²) in [6.07, 6.45) is 6.50. The molecule has 0 unspecified atom stereocenters. The van der Waals surface area contributed by atoms with Gasteiger partial charge in [0.05, 0.1) is 5.39 Å². The van der Waals surface area contributed by atoms with E-state index in [1.807, 2.05) is 11.3 Å². The van der Waals surface area contributed by atoms with Crippen molar-refractivity contribution in [2.75, 3.05) is 32.5 Å². The number of hydrogen-bond donors (Lipinski definition) is 1. The molecule has 2 heterocycles. The van der Waals surface area contributed by atoms with Crippen molar-refractivity contribution in [1.82, 2.24) is 14.9 Å². The van der Waals surface area contributed by atoms with Gasteiger partial charge in [-0.25, -0.2) is 9.97 Å². The van der Waals surface area contributed by atoms with Gasteiger partial charge < -0.3 is 10.2 Å². The summed E-state index contributed by atoms with van der Waals surface area (Å²) in [6.45, 7) is 2.07. The van der Waals surface area contributed by atoms with Gasteiger partial charge in [0, 0.05) is 11.4 Å². The van der Waals surface area contributed by atoms with Crippen molar-refractivity contribution in [3.05, 3.63) is 16.8 Å². The first-order valence-corrected chi connectivity index (χ1v) is 7.71. The van der Waals surface area contributed by atoms with E-state index in [1.54, 1.807) is 6.33 Å². The van der Waals surface area contributed by atoms with Crippen LogP contribution in [0.1, 0.15) is 23.3 Å². The summed E-state index contributed by atoms with van der Waals surface area (Å²) in [6, 6.07) is 0. The zero-order chi connectivity index (χ0) is 13.2. The van der Waals surface area contributed by atoms with Gasteiger partial charge in [-0.1, -0.05) is 0 Å². The third kappa shape index (κ3) is 2.58. The Morgan fingerprint density at radius 2 is 2.21 bits per heavy atom. The molecule has 19 heavy (non-hydrogen) atoms. The van der Waals surface area contributed by atoms with Gasteiger partial charge in [0.15, 0.2) is 0 Å². The van der Waals surface area contributed by atoms with Gasteiger partial charge in [0.2, 0.25) is 0 Å². The van der Waals surface area contributed by atoms with Crippen LogP contribution in [-0.2, 0) is 12.8 Å². The maximum Gasteiger partial charge on any atom is 0.138 e. The Kier molecular flexibility index (Phi) is 3.66. The van der Waals surface area contributed by atoms with E-state index in [-0.39, 0.29) is 0 Å². The molecule has 0 aromatic carbocycles. The molecule has 102 valence electrons. The van der Waals surface area contributed by atoms with Gasteiger partial charge >= 0.3 is 0 Å². The highest BCUT2D eigenvalue weighted by Crippen LogP contribution is 2.38. The first-order valence-electron chi connectivity index (χ1n) is 6.89. The molecule has 0 amide bonds. The minimum absolute atomic E-state index is 0.967. The van der Waals surface area contributed by atoms with Gasteiger partial charge in [-0.2, -0.15) is 0 Å². The fourth-order valence-corrected chi connectivity index (χ4v) is 3.89. The van der Waals surface area contributed by atoms with Crippen molar-refractivity contribution in [3.8, 4) is 0 Å². The van der Waals surface area contributed by atoms with Crippen molar-refractivity contribution >= 4 is 27.4 Å². The van der Waals surface area contributed by atoms with Crippen LogP contribution in [0.25, 0.3) is 10.2 Å². The largest absolute Gasteiger partial charge is 0.369 e. The number of fused-ring (bicyclic) bond motifs is 3. The minimum Gasteiger partial charge on any atom is -0.369 e. The smallest absolute Gasteiger partial charge is 0.138 e. The molecule has 0 spiro atoms. The fraction of sp³-hybridized carbons (Fsp3) is 0.571. The first-order chi connectivity index (χ1) is 9.25. The fourth-order valence-electron chi connectivity index (χ4n) is 2.66. The van der Waals surface area contributed by atoms with Crippen LogP contribution in [0.4, 0.5) is 5.82 Å². The molecule has 4 nitrogen and oxygen atoms in total. The van der Waals surface area contributed by atoms with E-state index in [1.165, 1.54) is 35.1 Å². The molecule has 0 saturated carbocycles. The third-order valence-electron chi connectivity index (χ3n) is 3.58. The van der Waals surface area contributed by atoms with Crippen molar-refractivity contribution in [1.29, 1.82) is 0 Å². The highest BCUT2D eigenvalue weighted by atomic mass is 32.1. The van der Waals surface area contributed by atoms with Gasteiger partial charge in [0.25, 0.3) is 0 Å². The van der Waals surface area contributed by atoms with E-state index in [0.717, 1.165) is 30.2 Å². The summed E-state index contributed by atoms with van der Waals surface area (Å²) >= 11 is 1.85. The predicted molar refractivity (Wildman–Crippen MR) is 81.1 cm³/mol. The molecule has 5 heteroatoms. The van der Waals surface area contributed by atoms with E-state index in [9.17, 15) is 0 Å². The van der Waals surface area contributed by atoms with E-state index in [0.29, 0.717) is 0 Å². The van der Waals surface area contributed by atoms with Crippen LogP contribution in [0, 0.1) is 0 Å². The van der Waals surface area contributed by atoms with Crippen LogP contribution < -0.4 is 5.32 Å². The van der Waals surface area contributed by atoms with E-state index >= 15 is 0 Å². The molecule has 1 aliphatic rings. The second-order valence-corrected chi connectivity index (χ2v) is 6.43. The Morgan fingerprint density at radius 3 is 3.05 bits per heavy atom. The highest BCUT2D eigenvalue weighted by molar-refractivity contribution is 7.19. The Bertz CT molecular complexity index is 576. The van der Waals surface area contributed by atoms with Gasteiger partial charge in [-0.3, -0.25) is 0 Å². The normalized spacial score (nSPS) is 14.3. The Labute approximate surface area is 117 Å². The van der Waals surface area contributed by atoms with Crippen molar-refractivity contribution in [2.24, 2.45) is 0 Å². The summed E-state index contributed by atoms with van der Waals surface area (Å²) in [4.78, 5) is 13.7. The SMILES string of the molecule is CN(C)CCCNc1ncnc2sc3c(c12)CCC3. The van der Waals surface area contributed by atoms with Crippen LogP contribution in [0.2, 0.25) is 0 Å². The predicted octanol–water partition coefficient (Wildman–Crippen LogP) is 2.54. The lowest BCUT2D eigenvalue weighted by Gasteiger charge is -2.11. The van der Waals surface area contributed by atoms with Crippen molar-refractivity contribution in [3.63, 3.8) is 0 Å². The molecule has 0 bridgehead atoms. The van der Waals surface area contributed by atoms with Crippen LogP contribution in [0.5, 0.6) is 0 Å². The number of nitrogens with one attached hydrogen (secondary N) is 1. The molecular formula is C14H20N4S. The Balaban J connectivity index is 1.79. The minimum atomic E-state index is 0.967. The highest BCUT2D eigenvalue weighted by Gasteiger charge is 2.20. The van der Waals surface area contributed by atoms with E-state index < -0.39 is 0 Å². The zero-order valence-corrected chi connectivity index (χ0v) is 12.4. The summed E-state index contributed by atoms with van der Waals surface area (Å²) in [5.41, 5.74) is 1.50. The monoisotopic (exact) mass is 276 g/mol. The Hall–Kier alpha value is -1.20. The van der Waals surface area contributed by atoms with Gasteiger partial charge in [0.1, 0.15) is 17.0 Å². The molecule has 0 aliphatic heterocycles. The molecule has 0 atom stereocenters. The molecule has 2 aromatic heterocycles. The van der Waals surface area contributed by atoms with E-state index in [2.05, 4.69) is 34.3 Å². The summed E-state index contributed by atoms with van der Waals surface area (Å²) in [5.74, 6) is 1.03. The van der Waals surface area contributed by atoms with Crippen LogP contribution >= 0.6 is 11.3 Å². The maximum atomic E-state index is 4.44. The lowest BCUT2D eigenvalue weighted by molar-refractivity contribution is 0.405. The van der Waals surface area contributed by atoms with E-state index in [4.69, 9.17) is 0 Å². The molecule has 0 fully saturated rings. The van der Waals surface area contributed by atoms with Crippen molar-refractivity contribution in [2.45, 2.75) is 25.7 Å². The average Bonchev–Trinajstić information content (AvgIpc) is 2.94. The lowest BCUT2D eigenvalue weighted by atomic mass is 10.2. The summed E-state index contributed by atoms with van der Waals surface area (Å²) < 4.78 is 0. The van der Waals surface area contributed by atoms with Crippen LogP contribution in [-0.4, -0.2) is 42.1 Å². The molecule has 1 N–H and O–H groups in total. The summed E-state index contributed by atoms with van der Waals surface area (Å²) in [5, 5.41) is 4.77. The molecule has 2 aromatic rings. The van der Waals surface area contributed by atoms with Gasteiger partial charge in [-0.15, -0.1) is 11.3 Å². The molecule has 1 aliphatic carbocycles. The topological polar surface area (TPSA) is 41.0 Å².